The van der Waals surface area contributed by atoms with Gasteiger partial charge in [-0.05, 0) is 24.9 Å². The second-order valence-electron chi connectivity index (χ2n) is 3.83. The Bertz CT molecular complexity index is 311. The summed E-state index contributed by atoms with van der Waals surface area (Å²) >= 11 is 0. The van der Waals surface area contributed by atoms with Crippen molar-refractivity contribution in [2.45, 2.75) is 32.2 Å². The molecule has 88 valence electrons. The number of nitrogens with one attached hydrogen (secondary N) is 1. The first-order valence-corrected chi connectivity index (χ1v) is 5.82. The van der Waals surface area contributed by atoms with Gasteiger partial charge in [-0.1, -0.05) is 37.3 Å². The van der Waals surface area contributed by atoms with Crippen molar-refractivity contribution in [1.29, 1.82) is 0 Å². The van der Waals surface area contributed by atoms with Gasteiger partial charge in [0, 0.05) is 6.42 Å². The number of hydrogen-bond acceptors (Lipinski definition) is 2. The Morgan fingerprint density at radius 1 is 1.38 bits per heavy atom. The maximum atomic E-state index is 11.6. The molecule has 1 aromatic rings. The summed E-state index contributed by atoms with van der Waals surface area (Å²) in [6.07, 6.45) is 2.16. The Morgan fingerprint density at radius 2 is 2.06 bits per heavy atom. The van der Waals surface area contributed by atoms with Crippen LogP contribution >= 0.6 is 0 Å². The van der Waals surface area contributed by atoms with E-state index in [9.17, 15) is 4.79 Å². The molecule has 0 saturated carbocycles. The van der Waals surface area contributed by atoms with Gasteiger partial charge in [-0.2, -0.15) is 0 Å². The van der Waals surface area contributed by atoms with Gasteiger partial charge in [-0.25, -0.2) is 0 Å². The fourth-order valence-electron chi connectivity index (χ4n) is 1.64. The summed E-state index contributed by atoms with van der Waals surface area (Å²) in [7, 11) is 0. The normalized spacial score (nSPS) is 12.1. The minimum atomic E-state index is 0.0844. The molecule has 0 fully saturated rings. The number of hydrogen-bond donors (Lipinski definition) is 2. The second kappa shape index (κ2) is 7.01. The average Bonchev–Trinajstić information content (AvgIpc) is 2.34. The highest BCUT2D eigenvalue weighted by Gasteiger charge is 2.11. The summed E-state index contributed by atoms with van der Waals surface area (Å²) < 4.78 is 0. The van der Waals surface area contributed by atoms with E-state index in [0.29, 0.717) is 13.0 Å². The van der Waals surface area contributed by atoms with Crippen LogP contribution in [0.5, 0.6) is 0 Å². The Balaban J connectivity index is 2.52. The van der Waals surface area contributed by atoms with Crippen LogP contribution in [-0.4, -0.2) is 12.5 Å². The summed E-state index contributed by atoms with van der Waals surface area (Å²) in [5.74, 6) is 0.0844. The van der Waals surface area contributed by atoms with E-state index in [-0.39, 0.29) is 11.9 Å². The summed E-state index contributed by atoms with van der Waals surface area (Å²) in [5.41, 5.74) is 6.53. The van der Waals surface area contributed by atoms with Crippen molar-refractivity contribution in [2.24, 2.45) is 5.73 Å². The van der Waals surface area contributed by atoms with Gasteiger partial charge in [0.1, 0.15) is 0 Å². The van der Waals surface area contributed by atoms with Gasteiger partial charge in [-0.3, -0.25) is 4.79 Å². The maximum Gasteiger partial charge on any atom is 0.220 e. The molecular formula is C13H20N2O. The van der Waals surface area contributed by atoms with Crippen molar-refractivity contribution in [1.82, 2.24) is 5.32 Å². The number of nitrogens with two attached hydrogens (primary N) is 1. The molecular weight excluding hydrogens is 200 g/mol. The van der Waals surface area contributed by atoms with Crippen molar-refractivity contribution >= 4 is 5.91 Å². The number of carbonyl (C=O) groups is 1. The topological polar surface area (TPSA) is 55.1 Å². The molecule has 0 unspecified atom stereocenters. The summed E-state index contributed by atoms with van der Waals surface area (Å²) in [5, 5.41) is 3.02. The van der Waals surface area contributed by atoms with Crippen LogP contribution in [0.2, 0.25) is 0 Å². The molecule has 0 aliphatic carbocycles. The predicted molar refractivity (Wildman–Crippen MR) is 65.9 cm³/mol. The molecule has 0 aliphatic heterocycles. The fraction of sp³-hybridized carbons (Fsp3) is 0.462. The predicted octanol–water partition coefficient (Wildman–Crippen LogP) is 1.99. The molecule has 0 aliphatic rings. The van der Waals surface area contributed by atoms with Gasteiger partial charge in [0.2, 0.25) is 5.91 Å². The average molecular weight is 220 g/mol. The second-order valence-corrected chi connectivity index (χ2v) is 3.83. The summed E-state index contributed by atoms with van der Waals surface area (Å²) in [6, 6.07) is 10.2. The fourth-order valence-corrected chi connectivity index (χ4v) is 1.64. The number of carbonyl (C=O) groups excluding carboxylic acids is 1. The van der Waals surface area contributed by atoms with E-state index in [1.807, 2.05) is 30.3 Å². The van der Waals surface area contributed by atoms with Crippen LogP contribution < -0.4 is 11.1 Å². The molecule has 1 aromatic carbocycles. The van der Waals surface area contributed by atoms with Crippen molar-refractivity contribution in [3.63, 3.8) is 0 Å². The third kappa shape index (κ3) is 4.03. The quantitative estimate of drug-likeness (QED) is 0.770. The van der Waals surface area contributed by atoms with Crippen LogP contribution in [0.15, 0.2) is 30.3 Å². The van der Waals surface area contributed by atoms with Gasteiger partial charge >= 0.3 is 0 Å². The molecule has 3 nitrogen and oxygen atoms in total. The van der Waals surface area contributed by atoms with Crippen LogP contribution in [0.1, 0.15) is 37.8 Å². The van der Waals surface area contributed by atoms with Crippen molar-refractivity contribution in [2.75, 3.05) is 6.54 Å². The molecule has 1 atom stereocenters. The van der Waals surface area contributed by atoms with Crippen LogP contribution in [-0.2, 0) is 4.79 Å². The van der Waals surface area contributed by atoms with E-state index in [4.69, 9.17) is 5.73 Å². The zero-order valence-corrected chi connectivity index (χ0v) is 9.78. The van der Waals surface area contributed by atoms with Crippen LogP contribution in [0.25, 0.3) is 0 Å². The Morgan fingerprint density at radius 3 is 2.62 bits per heavy atom. The van der Waals surface area contributed by atoms with E-state index in [0.717, 1.165) is 18.4 Å². The monoisotopic (exact) mass is 220 g/mol. The molecule has 0 spiro atoms. The molecule has 0 bridgehead atoms. The van der Waals surface area contributed by atoms with Crippen LogP contribution in [0.3, 0.4) is 0 Å². The Labute approximate surface area is 97.0 Å². The molecule has 0 radical (unpaired) electrons. The minimum Gasteiger partial charge on any atom is -0.349 e. The lowest BCUT2D eigenvalue weighted by atomic mass is 10.0. The molecule has 3 N–H and O–H groups in total. The maximum absolute atomic E-state index is 11.6. The molecule has 1 rings (SSSR count). The molecule has 0 saturated heterocycles. The lowest BCUT2D eigenvalue weighted by Gasteiger charge is -2.17. The summed E-state index contributed by atoms with van der Waals surface area (Å²) in [4.78, 5) is 11.6. The van der Waals surface area contributed by atoms with Gasteiger partial charge in [0.05, 0.1) is 6.04 Å². The number of rotatable bonds is 6. The van der Waals surface area contributed by atoms with Crippen molar-refractivity contribution in [3.05, 3.63) is 35.9 Å². The molecule has 0 heterocycles. The number of benzene rings is 1. The lowest BCUT2D eigenvalue weighted by Crippen LogP contribution is -2.28. The van der Waals surface area contributed by atoms with Gasteiger partial charge < -0.3 is 11.1 Å². The third-order valence-electron chi connectivity index (χ3n) is 2.55. The first-order valence-electron chi connectivity index (χ1n) is 5.82. The largest absolute Gasteiger partial charge is 0.349 e. The Hall–Kier alpha value is -1.35. The van der Waals surface area contributed by atoms with E-state index in [2.05, 4.69) is 12.2 Å². The first-order chi connectivity index (χ1) is 7.77. The Kier molecular flexibility index (Phi) is 5.57. The highest BCUT2D eigenvalue weighted by molar-refractivity contribution is 5.76. The third-order valence-corrected chi connectivity index (χ3v) is 2.55. The molecule has 0 aromatic heterocycles. The number of amides is 1. The van der Waals surface area contributed by atoms with Crippen LogP contribution in [0, 0.1) is 0 Å². The zero-order valence-electron chi connectivity index (χ0n) is 9.78. The van der Waals surface area contributed by atoms with Crippen molar-refractivity contribution < 1.29 is 4.79 Å². The summed E-state index contributed by atoms with van der Waals surface area (Å²) in [6.45, 7) is 2.64. The van der Waals surface area contributed by atoms with E-state index in [1.54, 1.807) is 0 Å². The standard InChI is InChI=1S/C13H20N2O/c1-2-12(11-7-4-3-5-8-11)15-13(16)9-6-10-14/h3-5,7-8,12H,2,6,9-10,14H2,1H3,(H,15,16)/t12-/m0/s1. The molecule has 1 amide bonds. The smallest absolute Gasteiger partial charge is 0.220 e. The highest BCUT2D eigenvalue weighted by atomic mass is 16.1. The molecule has 3 heteroatoms. The van der Waals surface area contributed by atoms with Gasteiger partial charge in [-0.15, -0.1) is 0 Å². The zero-order chi connectivity index (χ0) is 11.8. The van der Waals surface area contributed by atoms with Gasteiger partial charge in [0.25, 0.3) is 0 Å². The SMILES string of the molecule is CC[C@H](NC(=O)CCCN)c1ccccc1. The van der Waals surface area contributed by atoms with E-state index < -0.39 is 0 Å². The van der Waals surface area contributed by atoms with Crippen LogP contribution in [0.4, 0.5) is 0 Å². The van der Waals surface area contributed by atoms with E-state index >= 15 is 0 Å². The molecule has 16 heavy (non-hydrogen) atoms. The first kappa shape index (κ1) is 12.7. The highest BCUT2D eigenvalue weighted by Crippen LogP contribution is 2.15. The van der Waals surface area contributed by atoms with E-state index in [1.165, 1.54) is 0 Å². The lowest BCUT2D eigenvalue weighted by molar-refractivity contribution is -0.121. The van der Waals surface area contributed by atoms with Gasteiger partial charge in [0.15, 0.2) is 0 Å². The minimum absolute atomic E-state index is 0.0844. The van der Waals surface area contributed by atoms with Crippen molar-refractivity contribution in [3.8, 4) is 0 Å².